The highest BCUT2D eigenvalue weighted by atomic mass is 32.2. The highest BCUT2D eigenvalue weighted by molar-refractivity contribution is 7.89. The third-order valence-corrected chi connectivity index (χ3v) is 4.39. The maximum Gasteiger partial charge on any atom is 0.326 e. The normalized spacial score (nSPS) is 15.9. The molecule has 1 N–H and O–H groups in total. The molecule has 0 heterocycles. The van der Waals surface area contributed by atoms with Gasteiger partial charge in [-0.15, -0.1) is 0 Å². The largest absolute Gasteiger partial charge is 0.468 e. The molecule has 0 aliphatic heterocycles. The summed E-state index contributed by atoms with van der Waals surface area (Å²) < 4.78 is 31.3. The van der Waals surface area contributed by atoms with Gasteiger partial charge in [0.05, 0.1) is 12.9 Å². The number of carbonyl (C=O) groups excluding carboxylic acids is 1. The summed E-state index contributed by atoms with van der Waals surface area (Å²) in [6.45, 7) is 9.40. The van der Waals surface area contributed by atoms with Crippen molar-refractivity contribution >= 4 is 16.0 Å². The van der Waals surface area contributed by atoms with E-state index in [4.69, 9.17) is 4.74 Å². The first-order chi connectivity index (χ1) is 8.46. The molecule has 0 spiro atoms. The van der Waals surface area contributed by atoms with E-state index in [0.29, 0.717) is 19.3 Å². The zero-order chi connectivity index (χ0) is 15.3. The number of esters is 1. The van der Waals surface area contributed by atoms with Gasteiger partial charge in [0.15, 0.2) is 0 Å². The van der Waals surface area contributed by atoms with Crippen LogP contribution < -0.4 is 4.72 Å². The van der Waals surface area contributed by atoms with Crippen molar-refractivity contribution in [3.8, 4) is 0 Å². The average molecular weight is 293 g/mol. The molecule has 0 rings (SSSR count). The first kappa shape index (κ1) is 18.4. The predicted octanol–water partition coefficient (Wildman–Crippen LogP) is 2.07. The third kappa shape index (κ3) is 6.92. The van der Waals surface area contributed by atoms with Crippen molar-refractivity contribution in [3.05, 3.63) is 0 Å². The minimum Gasteiger partial charge on any atom is -0.468 e. The van der Waals surface area contributed by atoms with E-state index in [9.17, 15) is 13.2 Å². The van der Waals surface area contributed by atoms with E-state index in [0.717, 1.165) is 0 Å². The zero-order valence-corrected chi connectivity index (χ0v) is 13.7. The van der Waals surface area contributed by atoms with E-state index < -0.39 is 21.5 Å². The van der Waals surface area contributed by atoms with Crippen LogP contribution >= 0.6 is 0 Å². The van der Waals surface area contributed by atoms with Crippen molar-refractivity contribution < 1.29 is 17.9 Å². The van der Waals surface area contributed by atoms with Crippen molar-refractivity contribution in [3.63, 3.8) is 0 Å². The van der Waals surface area contributed by atoms with E-state index in [1.54, 1.807) is 6.92 Å². The Balaban J connectivity index is 4.89. The number of sulfonamides is 1. The monoisotopic (exact) mass is 293 g/mol. The van der Waals surface area contributed by atoms with Crippen molar-refractivity contribution in [2.45, 2.75) is 59.4 Å². The van der Waals surface area contributed by atoms with Gasteiger partial charge in [0, 0.05) is 0 Å². The molecule has 0 aromatic rings. The maximum absolute atomic E-state index is 12.1. The first-order valence-corrected chi connectivity index (χ1v) is 8.21. The summed E-state index contributed by atoms with van der Waals surface area (Å²) >= 11 is 0. The topological polar surface area (TPSA) is 72.5 Å². The fourth-order valence-corrected chi connectivity index (χ4v) is 3.61. The molecule has 0 aliphatic carbocycles. The van der Waals surface area contributed by atoms with Gasteiger partial charge >= 0.3 is 5.97 Å². The summed E-state index contributed by atoms with van der Waals surface area (Å²) in [4.78, 5) is 11.8. The fourth-order valence-electron chi connectivity index (χ4n) is 1.75. The van der Waals surface area contributed by atoms with Crippen LogP contribution in [-0.4, -0.2) is 32.8 Å². The first-order valence-electron chi connectivity index (χ1n) is 6.56. The third-order valence-electron chi connectivity index (χ3n) is 2.89. The fraction of sp³-hybridized carbons (Fsp3) is 0.923. The second-order valence-electron chi connectivity index (χ2n) is 6.31. The number of rotatable bonds is 7. The van der Waals surface area contributed by atoms with Crippen molar-refractivity contribution in [1.29, 1.82) is 0 Å². The minimum atomic E-state index is -3.50. The second-order valence-corrected chi connectivity index (χ2v) is 8.15. The Morgan fingerprint density at radius 1 is 1.16 bits per heavy atom. The van der Waals surface area contributed by atoms with Crippen LogP contribution in [0.4, 0.5) is 0 Å². The summed E-state index contributed by atoms with van der Waals surface area (Å²) in [6.07, 6.45) is 1.63. The van der Waals surface area contributed by atoms with E-state index in [2.05, 4.69) is 4.72 Å². The summed E-state index contributed by atoms with van der Waals surface area (Å²) in [5.41, 5.74) is -1.25. The molecule has 0 radical (unpaired) electrons. The second kappa shape index (κ2) is 6.70. The van der Waals surface area contributed by atoms with Gasteiger partial charge in [-0.3, -0.25) is 4.79 Å². The van der Waals surface area contributed by atoms with Crippen LogP contribution in [0.25, 0.3) is 0 Å². The number of methoxy groups -OCH3 is 1. The van der Waals surface area contributed by atoms with Crippen LogP contribution in [0.2, 0.25) is 0 Å². The molecule has 0 fully saturated rings. The smallest absolute Gasteiger partial charge is 0.326 e. The Hall–Kier alpha value is -0.620. The molecule has 0 aromatic heterocycles. The lowest BCUT2D eigenvalue weighted by Crippen LogP contribution is -2.53. The summed E-state index contributed by atoms with van der Waals surface area (Å²) in [6, 6.07) is 0. The summed E-state index contributed by atoms with van der Waals surface area (Å²) in [5, 5.41) is 0. The molecule has 114 valence electrons. The van der Waals surface area contributed by atoms with Crippen molar-refractivity contribution in [1.82, 2.24) is 4.72 Å². The van der Waals surface area contributed by atoms with Crippen LogP contribution in [0.1, 0.15) is 53.9 Å². The van der Waals surface area contributed by atoms with Crippen LogP contribution in [0.15, 0.2) is 0 Å². The molecular weight excluding hydrogens is 266 g/mol. The van der Waals surface area contributed by atoms with Gasteiger partial charge in [-0.05, 0) is 25.2 Å². The molecule has 0 saturated carbocycles. The SMILES string of the molecule is CCCC(C)(NS(=O)(=O)CCC(C)(C)C)C(=O)OC. The van der Waals surface area contributed by atoms with Gasteiger partial charge in [-0.25, -0.2) is 8.42 Å². The van der Waals surface area contributed by atoms with Gasteiger partial charge in [-0.2, -0.15) is 4.72 Å². The number of ether oxygens (including phenoxy) is 1. The van der Waals surface area contributed by atoms with E-state index >= 15 is 0 Å². The Bertz CT molecular complexity index is 397. The van der Waals surface area contributed by atoms with Crippen LogP contribution in [0.3, 0.4) is 0 Å². The lowest BCUT2D eigenvalue weighted by Gasteiger charge is -2.28. The van der Waals surface area contributed by atoms with Crippen LogP contribution in [-0.2, 0) is 19.6 Å². The molecule has 1 atom stereocenters. The molecule has 0 aromatic carbocycles. The molecular formula is C13H27NO4S. The van der Waals surface area contributed by atoms with Gasteiger partial charge in [-0.1, -0.05) is 34.1 Å². The predicted molar refractivity (Wildman–Crippen MR) is 76.3 cm³/mol. The van der Waals surface area contributed by atoms with Crippen LogP contribution in [0, 0.1) is 5.41 Å². The van der Waals surface area contributed by atoms with Crippen molar-refractivity contribution in [2.24, 2.45) is 5.41 Å². The Labute approximate surface area is 117 Å². The minimum absolute atomic E-state index is 0.00674. The molecule has 0 saturated heterocycles. The number of nitrogens with one attached hydrogen (secondary N) is 1. The molecule has 1 unspecified atom stereocenters. The molecule has 6 heteroatoms. The van der Waals surface area contributed by atoms with Gasteiger partial charge < -0.3 is 4.74 Å². The summed E-state index contributed by atoms with van der Waals surface area (Å²) in [5.74, 6) is -0.541. The Morgan fingerprint density at radius 3 is 2.05 bits per heavy atom. The lowest BCUT2D eigenvalue weighted by molar-refractivity contribution is -0.147. The Morgan fingerprint density at radius 2 is 1.68 bits per heavy atom. The van der Waals surface area contributed by atoms with Crippen LogP contribution in [0.5, 0.6) is 0 Å². The van der Waals surface area contributed by atoms with E-state index in [1.165, 1.54) is 7.11 Å². The van der Waals surface area contributed by atoms with Gasteiger partial charge in [0.25, 0.3) is 0 Å². The van der Waals surface area contributed by atoms with E-state index in [-0.39, 0.29) is 11.2 Å². The maximum atomic E-state index is 12.1. The van der Waals surface area contributed by atoms with Gasteiger partial charge in [0.2, 0.25) is 10.0 Å². The number of carbonyl (C=O) groups is 1. The summed E-state index contributed by atoms with van der Waals surface area (Å²) in [7, 11) is -2.24. The number of hydrogen-bond donors (Lipinski definition) is 1. The highest BCUT2D eigenvalue weighted by Gasteiger charge is 2.37. The standard InChI is InChI=1S/C13H27NO4S/c1-7-8-13(5,11(15)18-6)14-19(16,17)10-9-12(2,3)4/h14H,7-10H2,1-6H3. The molecule has 0 aliphatic rings. The molecule has 0 amide bonds. The quantitative estimate of drug-likeness (QED) is 0.729. The average Bonchev–Trinajstić information content (AvgIpc) is 2.24. The molecule has 0 bridgehead atoms. The molecule has 19 heavy (non-hydrogen) atoms. The number of hydrogen-bond acceptors (Lipinski definition) is 4. The zero-order valence-electron chi connectivity index (χ0n) is 12.9. The highest BCUT2D eigenvalue weighted by Crippen LogP contribution is 2.21. The Kier molecular flexibility index (Phi) is 6.48. The lowest BCUT2D eigenvalue weighted by atomic mass is 9.94. The van der Waals surface area contributed by atoms with E-state index in [1.807, 2.05) is 27.7 Å². The van der Waals surface area contributed by atoms with Crippen molar-refractivity contribution in [2.75, 3.05) is 12.9 Å². The van der Waals surface area contributed by atoms with Gasteiger partial charge in [0.1, 0.15) is 5.54 Å². The molecule has 5 nitrogen and oxygen atoms in total.